The van der Waals surface area contributed by atoms with Crippen molar-refractivity contribution < 1.29 is 27.9 Å². The molecule has 1 N–H and O–H groups in total. The predicted molar refractivity (Wildman–Crippen MR) is 110 cm³/mol. The second-order valence-electron chi connectivity index (χ2n) is 7.05. The van der Waals surface area contributed by atoms with Crippen LogP contribution in [0.4, 0.5) is 23.7 Å². The molecule has 3 rings (SSSR count). The molecule has 0 saturated carbocycles. The third-order valence-electron chi connectivity index (χ3n) is 5.09. The quantitative estimate of drug-likeness (QED) is 0.654. The molecule has 0 aromatic heterocycles. The zero-order valence-corrected chi connectivity index (χ0v) is 16.9. The van der Waals surface area contributed by atoms with E-state index in [9.17, 15) is 27.9 Å². The van der Waals surface area contributed by atoms with Gasteiger partial charge in [0.05, 0.1) is 34.5 Å². The Kier molecular flexibility index (Phi) is 6.07. The van der Waals surface area contributed by atoms with Gasteiger partial charge in [0.25, 0.3) is 0 Å². The number of carbonyl (C=O) groups is 2. The molecule has 2 aromatic rings. The van der Waals surface area contributed by atoms with Crippen molar-refractivity contribution in [2.24, 2.45) is 0 Å². The highest BCUT2D eigenvalue weighted by molar-refractivity contribution is 6.02. The van der Waals surface area contributed by atoms with E-state index in [4.69, 9.17) is 5.26 Å². The largest absolute Gasteiger partial charge is 0.478 e. The van der Waals surface area contributed by atoms with Crippen molar-refractivity contribution in [1.29, 1.82) is 5.26 Å². The van der Waals surface area contributed by atoms with Crippen LogP contribution in [0, 0.1) is 11.3 Å². The van der Waals surface area contributed by atoms with E-state index in [0.29, 0.717) is 11.1 Å². The summed E-state index contributed by atoms with van der Waals surface area (Å²) < 4.78 is 39.7. The summed E-state index contributed by atoms with van der Waals surface area (Å²) in [5.74, 6) is -1.32. The Bertz CT molecular complexity index is 1150. The number of hydrogen-bond donors (Lipinski definition) is 1. The average molecular weight is 441 g/mol. The Hall–Kier alpha value is -4.06. The number of halogens is 3. The minimum Gasteiger partial charge on any atom is -0.478 e. The molecule has 0 aliphatic carbocycles. The summed E-state index contributed by atoms with van der Waals surface area (Å²) in [6, 6.07) is 10.5. The van der Waals surface area contributed by atoms with Gasteiger partial charge in [-0.1, -0.05) is 24.3 Å². The number of carboxylic acids is 1. The van der Waals surface area contributed by atoms with Crippen LogP contribution in [0.1, 0.15) is 29.7 Å². The van der Waals surface area contributed by atoms with Crippen LogP contribution in [-0.4, -0.2) is 28.6 Å². The highest BCUT2D eigenvalue weighted by atomic mass is 19.4. The normalized spacial score (nSPS) is 16.7. The number of allylic oxidation sites excluding steroid dienone is 1. The molecule has 1 heterocycles. The van der Waals surface area contributed by atoms with Crippen LogP contribution < -0.4 is 4.90 Å². The van der Waals surface area contributed by atoms with Crippen LogP contribution in [0.5, 0.6) is 0 Å². The topological polar surface area (TPSA) is 84.6 Å². The van der Waals surface area contributed by atoms with Gasteiger partial charge in [0.15, 0.2) is 0 Å². The lowest BCUT2D eigenvalue weighted by molar-refractivity contribution is -0.137. The summed E-state index contributed by atoms with van der Waals surface area (Å²) in [6.45, 7) is 4.94. The number of amides is 2. The van der Waals surface area contributed by atoms with Gasteiger partial charge in [-0.25, -0.2) is 9.59 Å². The number of alkyl halides is 3. The summed E-state index contributed by atoms with van der Waals surface area (Å²) in [7, 11) is 0. The molecule has 2 aromatic carbocycles. The summed E-state index contributed by atoms with van der Waals surface area (Å²) in [5.41, 5.74) is -0.440. The predicted octanol–water partition coefficient (Wildman–Crippen LogP) is 5.10. The lowest BCUT2D eigenvalue weighted by Gasteiger charge is -2.42. The van der Waals surface area contributed by atoms with Crippen molar-refractivity contribution in [2.75, 3.05) is 11.4 Å². The fourth-order valence-corrected chi connectivity index (χ4v) is 3.66. The molecule has 0 fully saturated rings. The lowest BCUT2D eigenvalue weighted by Crippen LogP contribution is -2.50. The zero-order valence-electron chi connectivity index (χ0n) is 16.9. The number of benzene rings is 2. The molecule has 9 heteroatoms. The third kappa shape index (κ3) is 4.07. The van der Waals surface area contributed by atoms with Crippen LogP contribution >= 0.6 is 0 Å². The molecule has 32 heavy (non-hydrogen) atoms. The van der Waals surface area contributed by atoms with Crippen LogP contribution in [-0.2, 0) is 11.0 Å². The first kappa shape index (κ1) is 22.6. The molecule has 0 saturated heterocycles. The molecule has 0 radical (unpaired) electrons. The summed E-state index contributed by atoms with van der Waals surface area (Å²) >= 11 is 0. The maximum Gasteiger partial charge on any atom is 0.416 e. The van der Waals surface area contributed by atoms with Crippen molar-refractivity contribution in [3.05, 3.63) is 89.1 Å². The van der Waals surface area contributed by atoms with Crippen molar-refractivity contribution in [2.45, 2.75) is 19.1 Å². The maximum absolute atomic E-state index is 13.4. The molecule has 1 unspecified atom stereocenters. The van der Waals surface area contributed by atoms with E-state index in [1.807, 2.05) is 6.07 Å². The minimum absolute atomic E-state index is 0.00324. The highest BCUT2D eigenvalue weighted by Crippen LogP contribution is 2.40. The number of rotatable bonds is 5. The van der Waals surface area contributed by atoms with E-state index in [-0.39, 0.29) is 23.5 Å². The van der Waals surface area contributed by atoms with Gasteiger partial charge in [-0.2, -0.15) is 18.4 Å². The number of nitrogens with zero attached hydrogens (tertiary/aromatic N) is 3. The molecule has 2 amide bonds. The second kappa shape index (κ2) is 8.59. The van der Waals surface area contributed by atoms with Crippen LogP contribution in [0.2, 0.25) is 0 Å². The van der Waals surface area contributed by atoms with E-state index in [2.05, 4.69) is 6.58 Å². The molecular weight excluding hydrogens is 423 g/mol. The van der Waals surface area contributed by atoms with Crippen molar-refractivity contribution in [1.82, 2.24) is 4.90 Å². The fraction of sp³-hybridized carbons (Fsp3) is 0.174. The standard InChI is InChI=1S/C23H18F3N3O3/c1-3-11-28-20(16-9-7-15(13-27)8-10-16)19(21(30)31)14(2)29(22(28)32)18-6-4-5-17(12-18)23(24,25)26/h3-10,12,20H,1,11H2,2H3,(H,30,31). The molecule has 1 aliphatic rings. The molecule has 164 valence electrons. The first-order chi connectivity index (χ1) is 15.1. The van der Waals surface area contributed by atoms with E-state index in [1.165, 1.54) is 36.1 Å². The number of carboxylic acid groups (broad SMARTS) is 1. The maximum atomic E-state index is 13.4. The molecular formula is C23H18F3N3O3. The Labute approximate surface area is 182 Å². The number of aliphatic carboxylic acids is 1. The Morgan fingerprint density at radius 3 is 2.44 bits per heavy atom. The number of carbonyl (C=O) groups excluding carboxylic acids is 1. The van der Waals surface area contributed by atoms with E-state index in [1.54, 1.807) is 12.1 Å². The Morgan fingerprint density at radius 2 is 1.91 bits per heavy atom. The summed E-state index contributed by atoms with van der Waals surface area (Å²) in [4.78, 5) is 27.8. The first-order valence-corrected chi connectivity index (χ1v) is 9.43. The average Bonchev–Trinajstić information content (AvgIpc) is 2.75. The lowest BCUT2D eigenvalue weighted by atomic mass is 9.92. The smallest absolute Gasteiger partial charge is 0.416 e. The second-order valence-corrected chi connectivity index (χ2v) is 7.05. The van der Waals surface area contributed by atoms with Gasteiger partial charge in [-0.3, -0.25) is 4.90 Å². The number of nitriles is 1. The first-order valence-electron chi connectivity index (χ1n) is 9.43. The fourth-order valence-electron chi connectivity index (χ4n) is 3.66. The van der Waals surface area contributed by atoms with Gasteiger partial charge in [-0.05, 0) is 42.8 Å². The molecule has 0 spiro atoms. The van der Waals surface area contributed by atoms with E-state index < -0.39 is 29.8 Å². The van der Waals surface area contributed by atoms with Gasteiger partial charge in [0.1, 0.15) is 0 Å². The van der Waals surface area contributed by atoms with Gasteiger partial charge >= 0.3 is 18.2 Å². The summed E-state index contributed by atoms with van der Waals surface area (Å²) in [6.07, 6.45) is -3.23. The monoisotopic (exact) mass is 441 g/mol. The van der Waals surface area contributed by atoms with Crippen molar-refractivity contribution >= 4 is 17.7 Å². The van der Waals surface area contributed by atoms with E-state index >= 15 is 0 Å². The SMILES string of the molecule is C=CCN1C(=O)N(c2cccc(C(F)(F)F)c2)C(C)=C(C(=O)O)C1c1ccc(C#N)cc1. The highest BCUT2D eigenvalue weighted by Gasteiger charge is 2.42. The Morgan fingerprint density at radius 1 is 1.25 bits per heavy atom. The van der Waals surface area contributed by atoms with E-state index in [0.717, 1.165) is 23.1 Å². The van der Waals surface area contributed by atoms with Gasteiger partial charge in [0, 0.05) is 12.2 Å². The molecule has 0 bridgehead atoms. The van der Waals surface area contributed by atoms with Crippen LogP contribution in [0.3, 0.4) is 0 Å². The molecule has 6 nitrogen and oxygen atoms in total. The summed E-state index contributed by atoms with van der Waals surface area (Å²) in [5, 5.41) is 19.0. The van der Waals surface area contributed by atoms with Crippen molar-refractivity contribution in [3.8, 4) is 6.07 Å². The van der Waals surface area contributed by atoms with Crippen molar-refractivity contribution in [3.63, 3.8) is 0 Å². The zero-order chi connectivity index (χ0) is 23.6. The molecule has 1 aliphatic heterocycles. The van der Waals surface area contributed by atoms with Gasteiger partial charge in [0.2, 0.25) is 0 Å². The van der Waals surface area contributed by atoms with Gasteiger partial charge in [-0.15, -0.1) is 6.58 Å². The number of anilines is 1. The Balaban J connectivity index is 2.23. The van der Waals surface area contributed by atoms with Gasteiger partial charge < -0.3 is 10.0 Å². The minimum atomic E-state index is -4.63. The van der Waals surface area contributed by atoms with Crippen LogP contribution in [0.15, 0.2) is 72.5 Å². The third-order valence-corrected chi connectivity index (χ3v) is 5.09. The number of hydrogen-bond acceptors (Lipinski definition) is 3. The number of urea groups is 1. The molecule has 1 atom stereocenters. The van der Waals surface area contributed by atoms with Crippen LogP contribution in [0.25, 0.3) is 0 Å².